The quantitative estimate of drug-likeness (QED) is 0.918. The number of hydrogen-bond donors (Lipinski definition) is 1. The standard InChI is InChI=1S/C14H14F2N4O/c15-14(16)1-3-20(4-2-14)12-8-18-7-11-10(12)5-9(6-19-11)13(17)21/h5-8H,1-4H2,(H2,17,21). The van der Waals surface area contributed by atoms with Crippen LogP contribution < -0.4 is 10.6 Å². The number of carbonyl (C=O) groups is 1. The van der Waals surface area contributed by atoms with Gasteiger partial charge in [-0.05, 0) is 6.07 Å². The summed E-state index contributed by atoms with van der Waals surface area (Å²) >= 11 is 0. The molecule has 1 fully saturated rings. The SMILES string of the molecule is NC(=O)c1cnc2cncc(N3CCC(F)(F)CC3)c2c1. The monoisotopic (exact) mass is 292 g/mol. The van der Waals surface area contributed by atoms with Crippen molar-refractivity contribution in [2.24, 2.45) is 5.73 Å². The first-order valence-corrected chi connectivity index (χ1v) is 6.63. The van der Waals surface area contributed by atoms with E-state index in [9.17, 15) is 13.6 Å². The minimum atomic E-state index is -2.61. The van der Waals surface area contributed by atoms with E-state index in [1.165, 1.54) is 6.20 Å². The van der Waals surface area contributed by atoms with Gasteiger partial charge in [-0.2, -0.15) is 0 Å². The lowest BCUT2D eigenvalue weighted by atomic mass is 10.0. The van der Waals surface area contributed by atoms with E-state index < -0.39 is 11.8 Å². The number of amides is 1. The third-order valence-electron chi connectivity index (χ3n) is 3.71. The molecule has 2 aromatic heterocycles. The molecule has 2 aromatic rings. The number of hydrogen-bond acceptors (Lipinski definition) is 4. The maximum absolute atomic E-state index is 13.3. The Bertz CT molecular complexity index is 694. The summed E-state index contributed by atoms with van der Waals surface area (Å²) in [4.78, 5) is 21.4. The minimum Gasteiger partial charge on any atom is -0.369 e. The highest BCUT2D eigenvalue weighted by Crippen LogP contribution is 2.33. The van der Waals surface area contributed by atoms with E-state index in [4.69, 9.17) is 5.73 Å². The van der Waals surface area contributed by atoms with Gasteiger partial charge in [-0.25, -0.2) is 8.78 Å². The number of primary amides is 1. The van der Waals surface area contributed by atoms with Crippen LogP contribution >= 0.6 is 0 Å². The van der Waals surface area contributed by atoms with Crippen molar-refractivity contribution in [2.75, 3.05) is 18.0 Å². The highest BCUT2D eigenvalue weighted by atomic mass is 19.3. The molecule has 1 amide bonds. The van der Waals surface area contributed by atoms with Crippen molar-refractivity contribution >= 4 is 22.5 Å². The zero-order valence-electron chi connectivity index (χ0n) is 11.2. The molecule has 1 aliphatic heterocycles. The topological polar surface area (TPSA) is 72.1 Å². The van der Waals surface area contributed by atoms with E-state index in [2.05, 4.69) is 9.97 Å². The van der Waals surface area contributed by atoms with E-state index in [-0.39, 0.29) is 31.5 Å². The van der Waals surface area contributed by atoms with Gasteiger partial charge in [0, 0.05) is 37.5 Å². The lowest BCUT2D eigenvalue weighted by Crippen LogP contribution is -2.39. The number of halogens is 2. The molecule has 0 aliphatic carbocycles. The van der Waals surface area contributed by atoms with Crippen molar-refractivity contribution in [2.45, 2.75) is 18.8 Å². The van der Waals surface area contributed by atoms with Crippen molar-refractivity contribution in [3.63, 3.8) is 0 Å². The number of anilines is 1. The molecule has 0 unspecified atom stereocenters. The van der Waals surface area contributed by atoms with Crippen LogP contribution in [0.1, 0.15) is 23.2 Å². The van der Waals surface area contributed by atoms with E-state index >= 15 is 0 Å². The van der Waals surface area contributed by atoms with E-state index in [0.717, 1.165) is 0 Å². The Labute approximate surface area is 119 Å². The average Bonchev–Trinajstić information content (AvgIpc) is 2.46. The molecule has 21 heavy (non-hydrogen) atoms. The van der Waals surface area contributed by atoms with Gasteiger partial charge in [0.15, 0.2) is 0 Å². The number of aromatic nitrogens is 2. The molecule has 0 aromatic carbocycles. The first-order chi connectivity index (χ1) is 9.96. The number of fused-ring (bicyclic) bond motifs is 1. The molecule has 2 N–H and O–H groups in total. The van der Waals surface area contributed by atoms with Gasteiger partial charge in [-0.1, -0.05) is 0 Å². The molecule has 5 nitrogen and oxygen atoms in total. The molecule has 0 radical (unpaired) electrons. The van der Waals surface area contributed by atoms with E-state index in [0.29, 0.717) is 16.6 Å². The lowest BCUT2D eigenvalue weighted by Gasteiger charge is -2.33. The maximum Gasteiger partial charge on any atom is 0.251 e. The Balaban J connectivity index is 2.02. The summed E-state index contributed by atoms with van der Waals surface area (Å²) in [6.45, 7) is 0.489. The number of rotatable bonds is 2. The van der Waals surface area contributed by atoms with Crippen LogP contribution in [0.4, 0.5) is 14.5 Å². The number of nitrogens with zero attached hydrogens (tertiary/aromatic N) is 3. The normalized spacial score (nSPS) is 17.9. The highest BCUT2D eigenvalue weighted by molar-refractivity contribution is 5.99. The van der Waals surface area contributed by atoms with Crippen LogP contribution in [0.3, 0.4) is 0 Å². The van der Waals surface area contributed by atoms with Gasteiger partial charge in [-0.15, -0.1) is 0 Å². The van der Waals surface area contributed by atoms with Gasteiger partial charge < -0.3 is 10.6 Å². The molecular weight excluding hydrogens is 278 g/mol. The van der Waals surface area contributed by atoms with Crippen molar-refractivity contribution in [1.29, 1.82) is 0 Å². The number of alkyl halides is 2. The summed E-state index contributed by atoms with van der Waals surface area (Å²) in [5.74, 6) is -3.18. The molecule has 3 rings (SSSR count). The molecule has 110 valence electrons. The van der Waals surface area contributed by atoms with Crippen LogP contribution in [0.15, 0.2) is 24.7 Å². The summed E-state index contributed by atoms with van der Waals surface area (Å²) < 4.78 is 26.5. The Morgan fingerprint density at radius 2 is 1.95 bits per heavy atom. The molecule has 0 spiro atoms. The van der Waals surface area contributed by atoms with Crippen molar-refractivity contribution in [1.82, 2.24) is 9.97 Å². The fourth-order valence-corrected chi connectivity index (χ4v) is 2.49. The predicted molar refractivity (Wildman–Crippen MR) is 74.4 cm³/mol. The minimum absolute atomic E-state index is 0.188. The Hall–Kier alpha value is -2.31. The highest BCUT2D eigenvalue weighted by Gasteiger charge is 2.34. The zero-order valence-corrected chi connectivity index (χ0v) is 11.2. The molecule has 1 saturated heterocycles. The maximum atomic E-state index is 13.3. The molecule has 1 aliphatic rings. The second-order valence-corrected chi connectivity index (χ2v) is 5.16. The second kappa shape index (κ2) is 4.91. The zero-order chi connectivity index (χ0) is 15.0. The third-order valence-corrected chi connectivity index (χ3v) is 3.71. The first kappa shape index (κ1) is 13.7. The summed E-state index contributed by atoms with van der Waals surface area (Å²) in [5, 5.41) is 0.700. The number of nitrogens with two attached hydrogens (primary N) is 1. The van der Waals surface area contributed by atoms with E-state index in [1.807, 2.05) is 4.90 Å². The summed E-state index contributed by atoms with van der Waals surface area (Å²) in [7, 11) is 0. The Morgan fingerprint density at radius 3 is 2.62 bits per heavy atom. The Kier molecular flexibility index (Phi) is 3.19. The fraction of sp³-hybridized carbons (Fsp3) is 0.357. The van der Waals surface area contributed by atoms with Gasteiger partial charge in [0.1, 0.15) is 0 Å². The summed E-state index contributed by atoms with van der Waals surface area (Å²) in [6, 6.07) is 1.63. The lowest BCUT2D eigenvalue weighted by molar-refractivity contribution is -0.0220. The van der Waals surface area contributed by atoms with Crippen molar-refractivity contribution in [3.05, 3.63) is 30.2 Å². The molecule has 0 atom stereocenters. The van der Waals surface area contributed by atoms with Gasteiger partial charge in [-0.3, -0.25) is 14.8 Å². The largest absolute Gasteiger partial charge is 0.369 e. The second-order valence-electron chi connectivity index (χ2n) is 5.16. The Morgan fingerprint density at radius 1 is 1.24 bits per heavy atom. The average molecular weight is 292 g/mol. The van der Waals surface area contributed by atoms with Gasteiger partial charge in [0.05, 0.1) is 29.2 Å². The fourth-order valence-electron chi connectivity index (χ4n) is 2.49. The number of pyridine rings is 2. The van der Waals surface area contributed by atoms with Gasteiger partial charge in [0.2, 0.25) is 5.91 Å². The first-order valence-electron chi connectivity index (χ1n) is 6.63. The van der Waals surface area contributed by atoms with Crippen molar-refractivity contribution < 1.29 is 13.6 Å². The van der Waals surface area contributed by atoms with Gasteiger partial charge in [0.25, 0.3) is 5.92 Å². The molecule has 3 heterocycles. The van der Waals surface area contributed by atoms with Crippen LogP contribution in [0, 0.1) is 0 Å². The van der Waals surface area contributed by atoms with Crippen LogP contribution in [0.5, 0.6) is 0 Å². The van der Waals surface area contributed by atoms with Crippen LogP contribution in [0.2, 0.25) is 0 Å². The van der Waals surface area contributed by atoms with Crippen LogP contribution in [-0.2, 0) is 0 Å². The number of carbonyl (C=O) groups excluding carboxylic acids is 1. The van der Waals surface area contributed by atoms with Crippen LogP contribution in [-0.4, -0.2) is 34.9 Å². The van der Waals surface area contributed by atoms with Crippen molar-refractivity contribution in [3.8, 4) is 0 Å². The predicted octanol–water partition coefficient (Wildman–Crippen LogP) is 1.96. The number of piperidine rings is 1. The van der Waals surface area contributed by atoms with E-state index in [1.54, 1.807) is 18.5 Å². The molecule has 0 saturated carbocycles. The molecule has 7 heteroatoms. The molecule has 0 bridgehead atoms. The summed E-state index contributed by atoms with van der Waals surface area (Å²) in [5.41, 5.74) is 6.86. The third kappa shape index (κ3) is 2.63. The smallest absolute Gasteiger partial charge is 0.251 e. The molecular formula is C14H14F2N4O. The van der Waals surface area contributed by atoms with Crippen LogP contribution in [0.25, 0.3) is 10.9 Å². The summed E-state index contributed by atoms with van der Waals surface area (Å²) in [6.07, 6.45) is 4.19. The van der Waals surface area contributed by atoms with Gasteiger partial charge >= 0.3 is 0 Å².